The first-order valence-corrected chi connectivity index (χ1v) is 5.25. The summed E-state index contributed by atoms with van der Waals surface area (Å²) in [5, 5.41) is 13.2. The normalized spacial score (nSPS) is 10.4. The number of amides is 1. The summed E-state index contributed by atoms with van der Waals surface area (Å²) in [5.41, 5.74) is -0.230. The maximum Gasteiger partial charge on any atom is 0.387 e. The highest BCUT2D eigenvalue weighted by Gasteiger charge is 2.24. The fourth-order valence-electron chi connectivity index (χ4n) is 1.69. The lowest BCUT2D eigenvalue weighted by molar-refractivity contribution is -0.384. The Morgan fingerprint density at radius 3 is 2.47 bits per heavy atom. The smallest absolute Gasteiger partial charge is 0.387 e. The molecule has 1 rings (SSSR count). The number of nitro benzene ring substituents is 1. The molecule has 0 saturated heterocycles. The van der Waals surface area contributed by atoms with Crippen molar-refractivity contribution in [3.05, 3.63) is 27.3 Å². The van der Waals surface area contributed by atoms with Crippen LogP contribution in [0, 0.1) is 24.0 Å². The van der Waals surface area contributed by atoms with Gasteiger partial charge in [-0.2, -0.15) is 8.78 Å². The highest BCUT2D eigenvalue weighted by molar-refractivity contribution is 5.93. The summed E-state index contributed by atoms with van der Waals surface area (Å²) in [6, 6.07) is 1.08. The largest absolute Gasteiger partial charge is 0.434 e. The quantitative estimate of drug-likeness (QED) is 0.676. The van der Waals surface area contributed by atoms with Crippen LogP contribution in [0.2, 0.25) is 0 Å². The van der Waals surface area contributed by atoms with Crippen molar-refractivity contribution in [3.63, 3.8) is 0 Å². The third kappa shape index (κ3) is 3.36. The Balaban J connectivity index is 3.46. The molecule has 104 valence electrons. The van der Waals surface area contributed by atoms with E-state index in [1.54, 1.807) is 0 Å². The van der Waals surface area contributed by atoms with Crippen molar-refractivity contribution in [3.8, 4) is 5.75 Å². The minimum absolute atomic E-state index is 0.0854. The Bertz CT molecular complexity index is 532. The van der Waals surface area contributed by atoms with E-state index in [0.717, 1.165) is 13.0 Å². The zero-order valence-electron chi connectivity index (χ0n) is 10.5. The number of anilines is 1. The van der Waals surface area contributed by atoms with Gasteiger partial charge in [0.25, 0.3) is 5.69 Å². The van der Waals surface area contributed by atoms with Crippen LogP contribution in [-0.2, 0) is 4.79 Å². The number of ether oxygens (including phenoxy) is 1. The zero-order chi connectivity index (χ0) is 14.7. The molecule has 6 nitrogen and oxygen atoms in total. The van der Waals surface area contributed by atoms with Gasteiger partial charge in [0.2, 0.25) is 5.91 Å². The molecule has 0 saturated carbocycles. The molecule has 0 aromatic heterocycles. The molecule has 0 aliphatic heterocycles. The van der Waals surface area contributed by atoms with Crippen LogP contribution < -0.4 is 10.1 Å². The van der Waals surface area contributed by atoms with Crippen LogP contribution in [0.5, 0.6) is 5.75 Å². The monoisotopic (exact) mass is 274 g/mol. The summed E-state index contributed by atoms with van der Waals surface area (Å²) in [7, 11) is 0. The average molecular weight is 274 g/mol. The number of nitrogens with zero attached hydrogens (tertiary/aromatic N) is 1. The van der Waals surface area contributed by atoms with Gasteiger partial charge in [-0.3, -0.25) is 14.9 Å². The molecule has 0 radical (unpaired) electrons. The molecule has 1 amide bonds. The van der Waals surface area contributed by atoms with E-state index in [1.165, 1.54) is 13.8 Å². The van der Waals surface area contributed by atoms with Gasteiger partial charge >= 0.3 is 6.61 Å². The van der Waals surface area contributed by atoms with Crippen molar-refractivity contribution in [1.82, 2.24) is 0 Å². The molecule has 0 bridgehead atoms. The molecule has 0 fully saturated rings. The van der Waals surface area contributed by atoms with Crippen LogP contribution >= 0.6 is 0 Å². The molecule has 0 aliphatic carbocycles. The van der Waals surface area contributed by atoms with E-state index in [-0.39, 0.29) is 28.3 Å². The number of alkyl halides is 2. The number of nitro groups is 1. The number of benzene rings is 1. The number of aryl methyl sites for hydroxylation is 1. The topological polar surface area (TPSA) is 81.5 Å². The van der Waals surface area contributed by atoms with Crippen molar-refractivity contribution in [1.29, 1.82) is 0 Å². The van der Waals surface area contributed by atoms with Crippen LogP contribution in [0.15, 0.2) is 6.07 Å². The summed E-state index contributed by atoms with van der Waals surface area (Å²) in [6.07, 6.45) is 0. The maximum atomic E-state index is 12.3. The minimum atomic E-state index is -3.05. The summed E-state index contributed by atoms with van der Waals surface area (Å²) >= 11 is 0. The van der Waals surface area contributed by atoms with Crippen LogP contribution in [0.1, 0.15) is 18.1 Å². The van der Waals surface area contributed by atoms with Gasteiger partial charge in [0, 0.05) is 18.6 Å². The van der Waals surface area contributed by atoms with Gasteiger partial charge in [0.15, 0.2) is 0 Å². The first-order chi connectivity index (χ1) is 8.73. The second kappa shape index (κ2) is 5.59. The molecule has 8 heteroatoms. The first-order valence-electron chi connectivity index (χ1n) is 5.25. The SMILES string of the molecule is CC(=O)Nc1c([N+](=O)[O-])cc(C)c(OC(F)F)c1C. The van der Waals surface area contributed by atoms with Gasteiger partial charge in [-0.15, -0.1) is 0 Å². The Kier molecular flexibility index (Phi) is 4.36. The summed E-state index contributed by atoms with van der Waals surface area (Å²) in [5.74, 6) is -0.720. The van der Waals surface area contributed by atoms with Crippen LogP contribution in [0.4, 0.5) is 20.2 Å². The van der Waals surface area contributed by atoms with E-state index in [9.17, 15) is 23.7 Å². The Morgan fingerprint density at radius 1 is 1.47 bits per heavy atom. The van der Waals surface area contributed by atoms with Gasteiger partial charge in [-0.1, -0.05) is 0 Å². The molecular formula is C11H12F2N2O4. The summed E-state index contributed by atoms with van der Waals surface area (Å²) < 4.78 is 28.9. The van der Waals surface area contributed by atoms with E-state index in [0.29, 0.717) is 0 Å². The van der Waals surface area contributed by atoms with Crippen molar-refractivity contribution >= 4 is 17.3 Å². The molecule has 1 N–H and O–H groups in total. The third-order valence-corrected chi connectivity index (χ3v) is 2.39. The summed E-state index contributed by atoms with van der Waals surface area (Å²) in [4.78, 5) is 21.2. The molecule has 0 unspecified atom stereocenters. The van der Waals surface area contributed by atoms with Gasteiger partial charge in [0.05, 0.1) is 4.92 Å². The number of nitrogens with one attached hydrogen (secondary N) is 1. The molecule has 1 aromatic rings. The number of carbonyl (C=O) groups is 1. The van der Waals surface area contributed by atoms with E-state index in [4.69, 9.17) is 0 Å². The number of carbonyl (C=O) groups excluding carboxylic acids is 1. The van der Waals surface area contributed by atoms with Gasteiger partial charge < -0.3 is 10.1 Å². The van der Waals surface area contributed by atoms with Crippen molar-refractivity contribution in [2.24, 2.45) is 0 Å². The lowest BCUT2D eigenvalue weighted by Crippen LogP contribution is -2.12. The van der Waals surface area contributed by atoms with Crippen molar-refractivity contribution in [2.45, 2.75) is 27.4 Å². The average Bonchev–Trinajstić information content (AvgIpc) is 2.26. The highest BCUT2D eigenvalue weighted by Crippen LogP contribution is 2.38. The molecule has 0 aliphatic rings. The van der Waals surface area contributed by atoms with E-state index < -0.39 is 17.4 Å². The van der Waals surface area contributed by atoms with Crippen LogP contribution in [-0.4, -0.2) is 17.4 Å². The third-order valence-electron chi connectivity index (χ3n) is 2.39. The van der Waals surface area contributed by atoms with Gasteiger partial charge in [-0.05, 0) is 19.4 Å². The second-order valence-corrected chi connectivity index (χ2v) is 3.86. The van der Waals surface area contributed by atoms with E-state index in [1.807, 2.05) is 0 Å². The minimum Gasteiger partial charge on any atom is -0.434 e. The molecule has 0 spiro atoms. The fraction of sp³-hybridized carbons (Fsp3) is 0.364. The van der Waals surface area contributed by atoms with Gasteiger partial charge in [-0.25, -0.2) is 0 Å². The maximum absolute atomic E-state index is 12.3. The van der Waals surface area contributed by atoms with Crippen LogP contribution in [0.3, 0.4) is 0 Å². The summed E-state index contributed by atoms with van der Waals surface area (Å²) in [6.45, 7) is 0.888. The Labute approximate surface area is 107 Å². The molecule has 0 atom stereocenters. The van der Waals surface area contributed by atoms with E-state index in [2.05, 4.69) is 10.1 Å². The van der Waals surface area contributed by atoms with Gasteiger partial charge in [0.1, 0.15) is 11.4 Å². The van der Waals surface area contributed by atoms with Crippen molar-refractivity contribution < 1.29 is 23.2 Å². The zero-order valence-corrected chi connectivity index (χ0v) is 10.5. The fourth-order valence-corrected chi connectivity index (χ4v) is 1.69. The first kappa shape index (κ1) is 14.8. The number of hydrogen-bond acceptors (Lipinski definition) is 4. The lowest BCUT2D eigenvalue weighted by Gasteiger charge is -2.15. The molecule has 1 aromatic carbocycles. The molecule has 19 heavy (non-hydrogen) atoms. The standard InChI is InChI=1S/C11H12F2N2O4/c1-5-4-8(15(17)18)9(14-7(3)16)6(2)10(5)19-11(12)13/h4,11H,1-3H3,(H,14,16). The predicted octanol–water partition coefficient (Wildman–Crippen LogP) is 2.77. The number of halogens is 2. The predicted molar refractivity (Wildman–Crippen MR) is 63.5 cm³/mol. The Morgan fingerprint density at radius 2 is 2.05 bits per heavy atom. The number of rotatable bonds is 4. The van der Waals surface area contributed by atoms with E-state index >= 15 is 0 Å². The lowest BCUT2D eigenvalue weighted by atomic mass is 10.1. The second-order valence-electron chi connectivity index (χ2n) is 3.86. The Hall–Kier alpha value is -2.25. The highest BCUT2D eigenvalue weighted by atomic mass is 19.3. The molecule has 0 heterocycles. The van der Waals surface area contributed by atoms with Crippen molar-refractivity contribution in [2.75, 3.05) is 5.32 Å². The van der Waals surface area contributed by atoms with Crippen LogP contribution in [0.25, 0.3) is 0 Å². The molecular weight excluding hydrogens is 262 g/mol. The number of hydrogen-bond donors (Lipinski definition) is 1.